The van der Waals surface area contributed by atoms with Crippen LogP contribution in [0.25, 0.3) is 0 Å². The summed E-state index contributed by atoms with van der Waals surface area (Å²) in [6, 6.07) is 7.35. The fourth-order valence-electron chi connectivity index (χ4n) is 1.21. The summed E-state index contributed by atoms with van der Waals surface area (Å²) >= 11 is 0. The Kier molecular flexibility index (Phi) is 4.95. The van der Waals surface area contributed by atoms with Crippen LogP contribution in [0, 0.1) is 0 Å². The van der Waals surface area contributed by atoms with Gasteiger partial charge in [0.05, 0.1) is 0 Å². The Balaban J connectivity index is 0.00000169. The van der Waals surface area contributed by atoms with Crippen molar-refractivity contribution in [2.75, 3.05) is 7.05 Å². The molecule has 0 heterocycles. The molecule has 0 atom stereocenters. The Labute approximate surface area is 91.8 Å². The Morgan fingerprint density at radius 3 is 2.14 bits per heavy atom. The number of hydrogen-bond donors (Lipinski definition) is 2. The Morgan fingerprint density at radius 1 is 1.21 bits per heavy atom. The van der Waals surface area contributed by atoms with Crippen LogP contribution in [-0.2, 0) is 6.42 Å². The SMILES string of the molecule is CNC(C)(C)Cc1ccc(O)cc1.Cl. The summed E-state index contributed by atoms with van der Waals surface area (Å²) in [5.41, 5.74) is 1.34. The van der Waals surface area contributed by atoms with Crippen molar-refractivity contribution in [2.45, 2.75) is 25.8 Å². The normalized spacial score (nSPS) is 10.8. The summed E-state index contributed by atoms with van der Waals surface area (Å²) in [7, 11) is 1.96. The first-order valence-electron chi connectivity index (χ1n) is 4.50. The highest BCUT2D eigenvalue weighted by atomic mass is 35.5. The average Bonchev–Trinajstić information content (AvgIpc) is 2.09. The third kappa shape index (κ3) is 3.99. The Morgan fingerprint density at radius 2 is 1.71 bits per heavy atom. The molecule has 2 N–H and O–H groups in total. The zero-order valence-corrected chi connectivity index (χ0v) is 9.69. The lowest BCUT2D eigenvalue weighted by atomic mass is 9.95. The minimum atomic E-state index is 0. The standard InChI is InChI=1S/C11H17NO.ClH/c1-11(2,12-3)8-9-4-6-10(13)7-5-9;/h4-7,12-13H,8H2,1-3H3;1H. The highest BCUT2D eigenvalue weighted by Crippen LogP contribution is 2.15. The summed E-state index contributed by atoms with van der Waals surface area (Å²) < 4.78 is 0. The zero-order chi connectivity index (χ0) is 9.90. The fraction of sp³-hybridized carbons (Fsp3) is 0.455. The predicted octanol–water partition coefficient (Wildman–Crippen LogP) is 2.35. The Bertz CT molecular complexity index is 269. The molecule has 0 spiro atoms. The van der Waals surface area contributed by atoms with Gasteiger partial charge in [-0.1, -0.05) is 12.1 Å². The number of likely N-dealkylation sites (N-methyl/N-ethyl adjacent to an activating group) is 1. The maximum Gasteiger partial charge on any atom is 0.115 e. The minimum absolute atomic E-state index is 0. The number of rotatable bonds is 3. The summed E-state index contributed by atoms with van der Waals surface area (Å²) in [6.07, 6.45) is 0.962. The monoisotopic (exact) mass is 215 g/mol. The molecule has 0 amide bonds. The van der Waals surface area contributed by atoms with Gasteiger partial charge in [-0.3, -0.25) is 0 Å². The van der Waals surface area contributed by atoms with Gasteiger partial charge in [0.2, 0.25) is 0 Å². The second kappa shape index (κ2) is 5.23. The van der Waals surface area contributed by atoms with Gasteiger partial charge in [-0.05, 0) is 45.0 Å². The summed E-state index contributed by atoms with van der Waals surface area (Å²) in [5.74, 6) is 0.325. The van der Waals surface area contributed by atoms with Crippen molar-refractivity contribution in [3.05, 3.63) is 29.8 Å². The van der Waals surface area contributed by atoms with Crippen LogP contribution >= 0.6 is 12.4 Å². The minimum Gasteiger partial charge on any atom is -0.508 e. The molecule has 1 rings (SSSR count). The maximum atomic E-state index is 9.10. The van der Waals surface area contributed by atoms with Crippen molar-refractivity contribution in [1.29, 1.82) is 0 Å². The topological polar surface area (TPSA) is 32.3 Å². The molecule has 1 aromatic rings. The van der Waals surface area contributed by atoms with E-state index in [1.807, 2.05) is 19.2 Å². The lowest BCUT2D eigenvalue weighted by Crippen LogP contribution is -2.38. The molecule has 0 aliphatic heterocycles. The smallest absolute Gasteiger partial charge is 0.115 e. The van der Waals surface area contributed by atoms with E-state index in [1.165, 1.54) is 5.56 Å². The molecule has 1 aromatic carbocycles. The van der Waals surface area contributed by atoms with Gasteiger partial charge in [-0.2, -0.15) is 0 Å². The second-order valence-corrected chi connectivity index (χ2v) is 3.98. The van der Waals surface area contributed by atoms with Crippen LogP contribution in [0.4, 0.5) is 0 Å². The van der Waals surface area contributed by atoms with E-state index in [0.29, 0.717) is 5.75 Å². The molecule has 3 heteroatoms. The van der Waals surface area contributed by atoms with Crippen LogP contribution in [0.3, 0.4) is 0 Å². The largest absolute Gasteiger partial charge is 0.508 e. The molecule has 0 fully saturated rings. The molecule has 0 saturated carbocycles. The molecular weight excluding hydrogens is 198 g/mol. The van der Waals surface area contributed by atoms with E-state index in [-0.39, 0.29) is 17.9 Å². The van der Waals surface area contributed by atoms with Crippen molar-refractivity contribution in [3.8, 4) is 5.75 Å². The molecular formula is C11H18ClNO. The Hall–Kier alpha value is -0.730. The summed E-state index contributed by atoms with van der Waals surface area (Å²) in [6.45, 7) is 4.31. The van der Waals surface area contributed by atoms with Crippen LogP contribution in [0.2, 0.25) is 0 Å². The maximum absolute atomic E-state index is 9.10. The number of nitrogens with one attached hydrogen (secondary N) is 1. The third-order valence-electron chi connectivity index (χ3n) is 2.26. The third-order valence-corrected chi connectivity index (χ3v) is 2.26. The lowest BCUT2D eigenvalue weighted by molar-refractivity contribution is 0.421. The van der Waals surface area contributed by atoms with Gasteiger partial charge in [0, 0.05) is 5.54 Å². The molecule has 0 saturated heterocycles. The zero-order valence-electron chi connectivity index (χ0n) is 8.87. The summed E-state index contributed by atoms with van der Waals surface area (Å²) in [5, 5.41) is 12.3. The molecule has 80 valence electrons. The van der Waals surface area contributed by atoms with Crippen molar-refractivity contribution in [1.82, 2.24) is 5.32 Å². The molecule has 2 nitrogen and oxygen atoms in total. The van der Waals surface area contributed by atoms with Crippen molar-refractivity contribution in [3.63, 3.8) is 0 Å². The number of phenolic OH excluding ortho intramolecular Hbond substituents is 1. The first kappa shape index (κ1) is 13.3. The van der Waals surface area contributed by atoms with Gasteiger partial charge in [-0.25, -0.2) is 0 Å². The molecule has 0 aliphatic carbocycles. The van der Waals surface area contributed by atoms with Crippen molar-refractivity contribution < 1.29 is 5.11 Å². The van der Waals surface area contributed by atoms with Gasteiger partial charge < -0.3 is 10.4 Å². The molecule has 14 heavy (non-hydrogen) atoms. The lowest BCUT2D eigenvalue weighted by Gasteiger charge is -2.23. The van der Waals surface area contributed by atoms with Crippen molar-refractivity contribution >= 4 is 12.4 Å². The molecule has 0 unspecified atom stereocenters. The van der Waals surface area contributed by atoms with Gasteiger partial charge in [0.1, 0.15) is 5.75 Å². The van der Waals surface area contributed by atoms with Crippen molar-refractivity contribution in [2.24, 2.45) is 0 Å². The quantitative estimate of drug-likeness (QED) is 0.812. The highest BCUT2D eigenvalue weighted by molar-refractivity contribution is 5.85. The van der Waals surface area contributed by atoms with Gasteiger partial charge in [0.15, 0.2) is 0 Å². The molecule has 0 radical (unpaired) electrons. The van der Waals surface area contributed by atoms with E-state index in [0.717, 1.165) is 6.42 Å². The van der Waals surface area contributed by atoms with Crippen LogP contribution in [0.15, 0.2) is 24.3 Å². The van der Waals surface area contributed by atoms with Crippen LogP contribution in [0.5, 0.6) is 5.75 Å². The number of hydrogen-bond acceptors (Lipinski definition) is 2. The van der Waals surface area contributed by atoms with E-state index in [9.17, 15) is 0 Å². The first-order valence-corrected chi connectivity index (χ1v) is 4.50. The summed E-state index contributed by atoms with van der Waals surface area (Å²) in [4.78, 5) is 0. The van der Waals surface area contributed by atoms with Crippen LogP contribution in [0.1, 0.15) is 19.4 Å². The number of phenols is 1. The van der Waals surface area contributed by atoms with Gasteiger partial charge >= 0.3 is 0 Å². The second-order valence-electron chi connectivity index (χ2n) is 3.98. The van der Waals surface area contributed by atoms with E-state index in [2.05, 4.69) is 19.2 Å². The van der Waals surface area contributed by atoms with Gasteiger partial charge in [-0.15, -0.1) is 12.4 Å². The average molecular weight is 216 g/mol. The highest BCUT2D eigenvalue weighted by Gasteiger charge is 2.14. The van der Waals surface area contributed by atoms with E-state index in [1.54, 1.807) is 12.1 Å². The predicted molar refractivity (Wildman–Crippen MR) is 62.2 cm³/mol. The molecule has 0 bridgehead atoms. The number of halogens is 1. The molecule has 0 aliphatic rings. The molecule has 0 aromatic heterocycles. The fourth-order valence-corrected chi connectivity index (χ4v) is 1.21. The number of aromatic hydroxyl groups is 1. The number of benzene rings is 1. The van der Waals surface area contributed by atoms with E-state index < -0.39 is 0 Å². The van der Waals surface area contributed by atoms with Crippen LogP contribution < -0.4 is 5.32 Å². The van der Waals surface area contributed by atoms with Crippen LogP contribution in [-0.4, -0.2) is 17.7 Å². The van der Waals surface area contributed by atoms with E-state index in [4.69, 9.17) is 5.11 Å². The van der Waals surface area contributed by atoms with Gasteiger partial charge in [0.25, 0.3) is 0 Å². The van der Waals surface area contributed by atoms with E-state index >= 15 is 0 Å². The first-order chi connectivity index (χ1) is 6.03.